The molecule has 0 bridgehead atoms. The average molecular weight is 340 g/mol. The van der Waals surface area contributed by atoms with Crippen molar-refractivity contribution in [2.75, 3.05) is 19.7 Å². The van der Waals surface area contributed by atoms with Crippen LogP contribution in [0.15, 0.2) is 22.7 Å². The highest BCUT2D eigenvalue weighted by molar-refractivity contribution is 9.10. The van der Waals surface area contributed by atoms with E-state index in [1.807, 2.05) is 0 Å². The van der Waals surface area contributed by atoms with Crippen LogP contribution in [0, 0.1) is 18.8 Å². The van der Waals surface area contributed by atoms with E-state index in [9.17, 15) is 0 Å². The smallest absolute Gasteiger partial charge is 0.0865 e. The lowest BCUT2D eigenvalue weighted by Crippen LogP contribution is -2.33. The molecule has 20 heavy (non-hydrogen) atoms. The van der Waals surface area contributed by atoms with E-state index in [4.69, 9.17) is 4.74 Å². The van der Waals surface area contributed by atoms with Crippen LogP contribution in [0.25, 0.3) is 0 Å². The summed E-state index contributed by atoms with van der Waals surface area (Å²) in [7, 11) is 0. The van der Waals surface area contributed by atoms with Crippen LogP contribution in [-0.4, -0.2) is 19.7 Å². The summed E-state index contributed by atoms with van der Waals surface area (Å²) in [5.74, 6) is 1.28. The molecule has 1 heterocycles. The zero-order valence-electron chi connectivity index (χ0n) is 12.8. The van der Waals surface area contributed by atoms with E-state index in [0.29, 0.717) is 11.8 Å². The Morgan fingerprint density at radius 1 is 1.40 bits per heavy atom. The second-order valence-corrected chi connectivity index (χ2v) is 7.11. The molecular formula is C17H26BrNO. The quantitative estimate of drug-likeness (QED) is 0.854. The second-order valence-electron chi connectivity index (χ2n) is 6.25. The van der Waals surface area contributed by atoms with Gasteiger partial charge in [-0.05, 0) is 49.4 Å². The molecule has 1 aromatic rings. The minimum Gasteiger partial charge on any atom is -0.373 e. The highest BCUT2D eigenvalue weighted by atomic mass is 79.9. The fourth-order valence-electron chi connectivity index (χ4n) is 2.76. The number of hydrogen-bond acceptors (Lipinski definition) is 2. The number of hydrogen-bond donors (Lipinski definition) is 1. The van der Waals surface area contributed by atoms with Gasteiger partial charge in [0, 0.05) is 23.5 Å². The molecule has 2 nitrogen and oxygen atoms in total. The summed E-state index contributed by atoms with van der Waals surface area (Å²) in [6.45, 7) is 9.64. The topological polar surface area (TPSA) is 21.3 Å². The van der Waals surface area contributed by atoms with Crippen molar-refractivity contribution < 1.29 is 4.74 Å². The lowest BCUT2D eigenvalue weighted by molar-refractivity contribution is -0.0279. The summed E-state index contributed by atoms with van der Waals surface area (Å²) in [6, 6.07) is 6.61. The predicted octanol–water partition coefficient (Wildman–Crippen LogP) is 4.47. The summed E-state index contributed by atoms with van der Waals surface area (Å²) >= 11 is 3.63. The minimum absolute atomic E-state index is 0.236. The van der Waals surface area contributed by atoms with E-state index in [0.717, 1.165) is 19.7 Å². The number of aryl methyl sites for hydroxylation is 1. The first kappa shape index (κ1) is 16.0. The molecule has 1 aliphatic rings. The minimum atomic E-state index is 0.236. The molecule has 0 aromatic heterocycles. The van der Waals surface area contributed by atoms with E-state index >= 15 is 0 Å². The molecule has 0 spiro atoms. The normalized spacial score (nSPS) is 23.2. The molecule has 0 saturated carbocycles. The van der Waals surface area contributed by atoms with Crippen molar-refractivity contribution in [1.82, 2.24) is 5.32 Å². The van der Waals surface area contributed by atoms with E-state index in [1.54, 1.807) is 0 Å². The molecule has 3 heteroatoms. The third kappa shape index (κ3) is 4.31. The first-order valence-electron chi connectivity index (χ1n) is 7.66. The van der Waals surface area contributed by atoms with Gasteiger partial charge in [0.2, 0.25) is 0 Å². The van der Waals surface area contributed by atoms with Gasteiger partial charge in [0.15, 0.2) is 0 Å². The maximum absolute atomic E-state index is 6.07. The van der Waals surface area contributed by atoms with Crippen LogP contribution in [-0.2, 0) is 4.74 Å². The maximum atomic E-state index is 6.07. The van der Waals surface area contributed by atoms with Crippen molar-refractivity contribution in [2.45, 2.75) is 39.7 Å². The third-order valence-electron chi connectivity index (χ3n) is 3.93. The Morgan fingerprint density at radius 2 is 2.20 bits per heavy atom. The summed E-state index contributed by atoms with van der Waals surface area (Å²) in [6.07, 6.45) is 2.67. The molecule has 2 rings (SSSR count). The van der Waals surface area contributed by atoms with Crippen LogP contribution in [0.4, 0.5) is 0 Å². The second kappa shape index (κ2) is 7.58. The molecule has 1 fully saturated rings. The predicted molar refractivity (Wildman–Crippen MR) is 88.0 cm³/mol. The standard InChI is InChI=1S/C17H26BrNO/c1-12(2)10-19-11-15-5-4-8-20-17(15)14-7-6-13(3)16(18)9-14/h6-7,9,12,15,17,19H,4-5,8,10-11H2,1-3H3. The highest BCUT2D eigenvalue weighted by Gasteiger charge is 2.27. The Balaban J connectivity index is 2.03. The number of halogens is 1. The van der Waals surface area contributed by atoms with E-state index in [2.05, 4.69) is 60.2 Å². The average Bonchev–Trinajstić information content (AvgIpc) is 2.42. The fraction of sp³-hybridized carbons (Fsp3) is 0.647. The Hall–Kier alpha value is -0.380. The SMILES string of the molecule is Cc1ccc(C2OCCCC2CNCC(C)C)cc1Br. The van der Waals surface area contributed by atoms with Gasteiger partial charge < -0.3 is 10.1 Å². The molecule has 1 N–H and O–H groups in total. The van der Waals surface area contributed by atoms with E-state index in [-0.39, 0.29) is 6.10 Å². The molecule has 0 aliphatic carbocycles. The number of ether oxygens (including phenoxy) is 1. The van der Waals surface area contributed by atoms with Gasteiger partial charge in [-0.25, -0.2) is 0 Å². The zero-order valence-corrected chi connectivity index (χ0v) is 14.4. The van der Waals surface area contributed by atoms with Gasteiger partial charge in [-0.15, -0.1) is 0 Å². The van der Waals surface area contributed by atoms with Gasteiger partial charge in [-0.2, -0.15) is 0 Å². The van der Waals surface area contributed by atoms with Gasteiger partial charge >= 0.3 is 0 Å². The summed E-state index contributed by atoms with van der Waals surface area (Å²) in [5, 5.41) is 3.59. The van der Waals surface area contributed by atoms with Crippen LogP contribution in [0.2, 0.25) is 0 Å². The van der Waals surface area contributed by atoms with Crippen LogP contribution in [0.3, 0.4) is 0 Å². The van der Waals surface area contributed by atoms with Gasteiger partial charge in [0.05, 0.1) is 6.10 Å². The summed E-state index contributed by atoms with van der Waals surface area (Å²) in [5.41, 5.74) is 2.58. The molecule has 2 unspecified atom stereocenters. The Morgan fingerprint density at radius 3 is 2.90 bits per heavy atom. The molecule has 0 amide bonds. The van der Waals surface area contributed by atoms with E-state index in [1.165, 1.54) is 28.4 Å². The largest absolute Gasteiger partial charge is 0.373 e. The van der Waals surface area contributed by atoms with Gasteiger partial charge in [-0.1, -0.05) is 41.9 Å². The first-order valence-corrected chi connectivity index (χ1v) is 8.45. The van der Waals surface area contributed by atoms with Crippen molar-refractivity contribution in [2.24, 2.45) is 11.8 Å². The van der Waals surface area contributed by atoms with Crippen molar-refractivity contribution in [1.29, 1.82) is 0 Å². The maximum Gasteiger partial charge on any atom is 0.0865 e. The molecular weight excluding hydrogens is 314 g/mol. The Kier molecular flexibility index (Phi) is 6.06. The van der Waals surface area contributed by atoms with E-state index < -0.39 is 0 Å². The van der Waals surface area contributed by atoms with Gasteiger partial charge in [-0.3, -0.25) is 0 Å². The van der Waals surface area contributed by atoms with Crippen molar-refractivity contribution in [3.8, 4) is 0 Å². The monoisotopic (exact) mass is 339 g/mol. The molecule has 0 radical (unpaired) electrons. The fourth-order valence-corrected chi connectivity index (χ4v) is 3.16. The molecule has 1 aliphatic heterocycles. The van der Waals surface area contributed by atoms with Crippen LogP contribution in [0.1, 0.15) is 43.9 Å². The highest BCUT2D eigenvalue weighted by Crippen LogP contribution is 2.34. The van der Waals surface area contributed by atoms with Gasteiger partial charge in [0.1, 0.15) is 0 Å². The van der Waals surface area contributed by atoms with Gasteiger partial charge in [0.25, 0.3) is 0 Å². The third-order valence-corrected chi connectivity index (χ3v) is 4.78. The summed E-state index contributed by atoms with van der Waals surface area (Å²) in [4.78, 5) is 0. The number of nitrogens with one attached hydrogen (secondary N) is 1. The molecule has 1 aromatic carbocycles. The summed E-state index contributed by atoms with van der Waals surface area (Å²) < 4.78 is 7.25. The Labute approximate surface area is 131 Å². The van der Waals surface area contributed by atoms with Crippen LogP contribution < -0.4 is 5.32 Å². The lowest BCUT2D eigenvalue weighted by atomic mass is 9.89. The molecule has 112 valence electrons. The number of rotatable bonds is 5. The molecule has 1 saturated heterocycles. The lowest BCUT2D eigenvalue weighted by Gasteiger charge is -2.32. The number of benzene rings is 1. The van der Waals surface area contributed by atoms with Crippen molar-refractivity contribution in [3.63, 3.8) is 0 Å². The Bertz CT molecular complexity index is 433. The zero-order chi connectivity index (χ0) is 14.5. The van der Waals surface area contributed by atoms with Crippen LogP contribution >= 0.6 is 15.9 Å². The molecule has 2 atom stereocenters. The van der Waals surface area contributed by atoms with Crippen molar-refractivity contribution >= 4 is 15.9 Å². The van der Waals surface area contributed by atoms with Crippen LogP contribution in [0.5, 0.6) is 0 Å². The van der Waals surface area contributed by atoms with Crippen molar-refractivity contribution in [3.05, 3.63) is 33.8 Å². The first-order chi connectivity index (χ1) is 9.58.